The molecule has 44 heavy (non-hydrogen) atoms. The maximum atomic E-state index is 15.2. The smallest absolute Gasteiger partial charge is 0.198 e. The highest BCUT2D eigenvalue weighted by molar-refractivity contribution is 6.76. The Balaban J connectivity index is 1.43. The van der Waals surface area contributed by atoms with E-state index in [0.29, 0.717) is 28.8 Å². The van der Waals surface area contributed by atoms with Crippen LogP contribution in [0.5, 0.6) is 11.5 Å². The molecule has 1 saturated heterocycles. The summed E-state index contributed by atoms with van der Waals surface area (Å²) in [4.78, 5) is 16.8. The Bertz CT molecular complexity index is 1660. The zero-order valence-electron chi connectivity index (χ0n) is 24.7. The molecule has 4 aromatic rings. The molecule has 0 unspecified atom stereocenters. The number of hydrogen-bond donors (Lipinski definition) is 0. The van der Waals surface area contributed by atoms with Crippen molar-refractivity contribution >= 4 is 24.9 Å². The van der Waals surface area contributed by atoms with E-state index in [9.17, 15) is 18.0 Å². The molecule has 3 heterocycles. The molecule has 0 spiro atoms. The van der Waals surface area contributed by atoms with Gasteiger partial charge in [0.05, 0.1) is 18.6 Å². The van der Waals surface area contributed by atoms with Crippen LogP contribution < -0.4 is 4.74 Å². The summed E-state index contributed by atoms with van der Waals surface area (Å²) in [5, 5.41) is 0.311. The lowest BCUT2D eigenvalue weighted by atomic mass is 9.95. The van der Waals surface area contributed by atoms with Gasteiger partial charge in [-0.1, -0.05) is 25.7 Å². The summed E-state index contributed by atoms with van der Waals surface area (Å²) in [5.74, 6) is -5.23. The van der Waals surface area contributed by atoms with Crippen molar-refractivity contribution in [1.29, 1.82) is 0 Å². The Kier molecular flexibility index (Phi) is 9.24. The number of pyridine rings is 1. The van der Waals surface area contributed by atoms with Gasteiger partial charge in [0, 0.05) is 45.5 Å². The number of fused-ring (bicyclic) bond motifs is 1. The minimum absolute atomic E-state index is 0.0146. The molecule has 6 nitrogen and oxygen atoms in total. The van der Waals surface area contributed by atoms with Crippen LogP contribution in [0.1, 0.15) is 18.4 Å². The Hall–Kier alpha value is -3.61. The first-order chi connectivity index (χ1) is 20.8. The van der Waals surface area contributed by atoms with Gasteiger partial charge in [0.1, 0.15) is 23.9 Å². The second-order valence-electron chi connectivity index (χ2n) is 12.3. The van der Waals surface area contributed by atoms with Crippen LogP contribution in [-0.4, -0.2) is 48.9 Å². The zero-order chi connectivity index (χ0) is 31.6. The first-order valence-electron chi connectivity index (χ1n) is 14.3. The number of alkyl halides is 1. The molecule has 234 valence electrons. The van der Waals surface area contributed by atoms with Crippen molar-refractivity contribution in [3.63, 3.8) is 0 Å². The summed E-state index contributed by atoms with van der Waals surface area (Å²) in [5.41, 5.74) is -0.413. The Morgan fingerprint density at radius 2 is 1.75 bits per heavy atom. The van der Waals surface area contributed by atoms with Crippen molar-refractivity contribution in [3.8, 4) is 22.6 Å². The number of carbonyl (C=O) groups is 1. The van der Waals surface area contributed by atoms with Crippen molar-refractivity contribution in [1.82, 2.24) is 9.55 Å². The van der Waals surface area contributed by atoms with Crippen LogP contribution >= 0.6 is 0 Å². The molecule has 5 rings (SSSR count). The molecule has 1 fully saturated rings. The van der Waals surface area contributed by atoms with E-state index in [1.54, 1.807) is 10.8 Å². The number of nitrogens with zero attached hydrogens (tertiary/aromatic N) is 2. The monoisotopic (exact) mass is 632 g/mol. The molecule has 2 aromatic heterocycles. The highest BCUT2D eigenvalue weighted by Crippen LogP contribution is 2.40. The van der Waals surface area contributed by atoms with Crippen LogP contribution in [-0.2, 0) is 27.4 Å². The summed E-state index contributed by atoms with van der Waals surface area (Å²) in [7, 11) is -1.35. The van der Waals surface area contributed by atoms with Crippen molar-refractivity contribution in [2.75, 3.05) is 19.8 Å². The van der Waals surface area contributed by atoms with Gasteiger partial charge in [-0.3, -0.25) is 4.79 Å². The SMILES string of the molecule is C[Si](C)(C)CCOCn1cc(-c2ccc(F)c(F)c2)c2c(Oc3c(F)cc(CC(=O)CCC4(F)COC4)cc3F)ccnc21. The fourth-order valence-corrected chi connectivity index (χ4v) is 5.62. The Labute approximate surface area is 252 Å². The number of halogens is 5. The molecule has 1 aliphatic heterocycles. The van der Waals surface area contributed by atoms with Crippen LogP contribution in [0.3, 0.4) is 0 Å². The molecule has 0 aliphatic carbocycles. The van der Waals surface area contributed by atoms with Gasteiger partial charge in [-0.15, -0.1) is 0 Å². The molecular weight excluding hydrogens is 599 g/mol. The van der Waals surface area contributed by atoms with Gasteiger partial charge in [-0.05, 0) is 53.9 Å². The lowest BCUT2D eigenvalue weighted by Gasteiger charge is -2.33. The van der Waals surface area contributed by atoms with Crippen molar-refractivity contribution < 1.29 is 41.0 Å². The third-order valence-corrected chi connectivity index (χ3v) is 9.13. The van der Waals surface area contributed by atoms with E-state index in [1.165, 1.54) is 18.3 Å². The number of Topliss-reactive ketones (excluding diaryl/α,β-unsaturated/α-hetero) is 1. The quantitative estimate of drug-likeness (QED) is 0.0850. The normalized spacial score (nSPS) is 14.5. The number of aromatic nitrogens is 2. The summed E-state index contributed by atoms with van der Waals surface area (Å²) < 4.78 is 90.8. The largest absolute Gasteiger partial charge is 0.450 e. The van der Waals surface area contributed by atoms with Crippen molar-refractivity contribution in [2.45, 2.75) is 57.3 Å². The van der Waals surface area contributed by atoms with Crippen LogP contribution in [0.2, 0.25) is 25.7 Å². The molecule has 0 bridgehead atoms. The molecule has 0 N–H and O–H groups in total. The highest BCUT2D eigenvalue weighted by Gasteiger charge is 2.38. The minimum Gasteiger partial charge on any atom is -0.450 e. The molecule has 0 saturated carbocycles. The predicted molar refractivity (Wildman–Crippen MR) is 158 cm³/mol. The van der Waals surface area contributed by atoms with Gasteiger partial charge in [0.15, 0.2) is 34.7 Å². The number of ketones is 1. The van der Waals surface area contributed by atoms with Gasteiger partial charge >= 0.3 is 0 Å². The van der Waals surface area contributed by atoms with Crippen LogP contribution in [0.25, 0.3) is 22.2 Å². The summed E-state index contributed by atoms with van der Waals surface area (Å²) in [6.45, 7) is 7.16. The van der Waals surface area contributed by atoms with E-state index in [0.717, 1.165) is 30.3 Å². The van der Waals surface area contributed by atoms with Gasteiger partial charge in [-0.2, -0.15) is 0 Å². The standard InChI is InChI=1S/C32H33F5N2O4Si/c1-44(2,3)11-10-41-19-39-16-23(21-4-5-24(33)25(34)15-21)29-28(7-9-38-31(29)39)43-30-26(35)13-20(14-27(30)36)12-22(40)6-8-32(37)17-42-18-32/h4-5,7,9,13-16H,6,8,10-12,17-19H2,1-3H3. The number of rotatable bonds is 13. The van der Waals surface area contributed by atoms with Crippen LogP contribution in [0.15, 0.2) is 48.8 Å². The van der Waals surface area contributed by atoms with Crippen LogP contribution in [0, 0.1) is 23.3 Å². The van der Waals surface area contributed by atoms with E-state index in [2.05, 4.69) is 24.6 Å². The second-order valence-corrected chi connectivity index (χ2v) is 18.0. The summed E-state index contributed by atoms with van der Waals surface area (Å²) in [6, 6.07) is 7.73. The lowest BCUT2D eigenvalue weighted by molar-refractivity contribution is -0.139. The number of ether oxygens (including phenoxy) is 3. The van der Waals surface area contributed by atoms with Crippen molar-refractivity contribution in [3.05, 3.63) is 77.6 Å². The number of carbonyl (C=O) groups excluding carboxylic acids is 1. The average molecular weight is 633 g/mol. The number of hydrogen-bond acceptors (Lipinski definition) is 5. The first kappa shape index (κ1) is 31.8. The van der Waals surface area contributed by atoms with Crippen molar-refractivity contribution in [2.24, 2.45) is 0 Å². The van der Waals surface area contributed by atoms with Crippen LogP contribution in [0.4, 0.5) is 22.0 Å². The molecule has 0 atom stereocenters. The maximum Gasteiger partial charge on any atom is 0.198 e. The highest BCUT2D eigenvalue weighted by atomic mass is 28.3. The molecule has 1 aliphatic rings. The fourth-order valence-electron chi connectivity index (χ4n) is 4.86. The Morgan fingerprint density at radius 1 is 1.02 bits per heavy atom. The van der Waals surface area contributed by atoms with Gasteiger partial charge in [0.25, 0.3) is 0 Å². The molecule has 0 amide bonds. The predicted octanol–water partition coefficient (Wildman–Crippen LogP) is 7.99. The van der Waals surface area contributed by atoms with Gasteiger partial charge in [-0.25, -0.2) is 26.9 Å². The third-order valence-electron chi connectivity index (χ3n) is 7.42. The summed E-state index contributed by atoms with van der Waals surface area (Å²) >= 11 is 0. The third kappa shape index (κ3) is 7.36. The summed E-state index contributed by atoms with van der Waals surface area (Å²) in [6.07, 6.45) is 2.68. The van der Waals surface area contributed by atoms with E-state index in [4.69, 9.17) is 14.2 Å². The zero-order valence-corrected chi connectivity index (χ0v) is 25.7. The topological polar surface area (TPSA) is 62.6 Å². The van der Waals surface area contributed by atoms with Gasteiger partial charge < -0.3 is 18.8 Å². The van der Waals surface area contributed by atoms with E-state index in [1.807, 2.05) is 0 Å². The van der Waals surface area contributed by atoms with E-state index < -0.39 is 42.8 Å². The average Bonchev–Trinajstić information content (AvgIpc) is 3.31. The Morgan fingerprint density at radius 3 is 2.39 bits per heavy atom. The molecule has 12 heteroatoms. The lowest BCUT2D eigenvalue weighted by Crippen LogP contribution is -2.45. The second kappa shape index (κ2) is 12.8. The minimum atomic E-state index is -1.53. The number of benzene rings is 2. The fraction of sp³-hybridized carbons (Fsp3) is 0.375. The van der Waals surface area contributed by atoms with E-state index >= 15 is 8.78 Å². The van der Waals surface area contributed by atoms with Gasteiger partial charge in [0.2, 0.25) is 0 Å². The van der Waals surface area contributed by atoms with E-state index in [-0.39, 0.29) is 56.3 Å². The first-order valence-corrected chi connectivity index (χ1v) is 18.0. The maximum absolute atomic E-state index is 15.2. The molecule has 0 radical (unpaired) electrons. The molecular formula is C32H33F5N2O4Si. The molecule has 2 aromatic carbocycles.